The summed E-state index contributed by atoms with van der Waals surface area (Å²) in [4.78, 5) is 10.9. The van der Waals surface area contributed by atoms with Crippen LogP contribution in [-0.2, 0) is 4.79 Å². The number of hydrogen-bond donors (Lipinski definition) is 3. The van der Waals surface area contributed by atoms with Crippen molar-refractivity contribution in [1.82, 2.24) is 0 Å². The van der Waals surface area contributed by atoms with Gasteiger partial charge < -0.3 is 15.3 Å². The standard InChI is InChI=1S/C20H34O4/c1-13(10-18(23)24)6-7-15-14(2)16(22)11-17-19(3,12-21)8-5-9-20(15,17)4/h13,15-17,21-22H,2,5-12H2,1,3-4H3,(H,23,24)/t13-,15+,16+,17+,19+,20-/m1/s1. The second kappa shape index (κ2) is 7.17. The summed E-state index contributed by atoms with van der Waals surface area (Å²) in [7, 11) is 0. The van der Waals surface area contributed by atoms with Gasteiger partial charge in [-0.15, -0.1) is 0 Å². The molecule has 0 heterocycles. The van der Waals surface area contributed by atoms with Gasteiger partial charge in [-0.2, -0.15) is 0 Å². The minimum atomic E-state index is -0.750. The van der Waals surface area contributed by atoms with Crippen LogP contribution in [0.1, 0.15) is 65.7 Å². The van der Waals surface area contributed by atoms with Crippen molar-refractivity contribution in [3.05, 3.63) is 12.2 Å². The van der Waals surface area contributed by atoms with E-state index in [1.807, 2.05) is 6.92 Å². The van der Waals surface area contributed by atoms with Gasteiger partial charge in [-0.25, -0.2) is 0 Å². The molecule has 138 valence electrons. The van der Waals surface area contributed by atoms with Crippen LogP contribution in [0.15, 0.2) is 12.2 Å². The molecule has 0 aromatic rings. The fourth-order valence-corrected chi connectivity index (χ4v) is 5.57. The van der Waals surface area contributed by atoms with Gasteiger partial charge in [0.15, 0.2) is 0 Å². The average Bonchev–Trinajstić information content (AvgIpc) is 2.49. The van der Waals surface area contributed by atoms with Gasteiger partial charge in [0.25, 0.3) is 0 Å². The highest BCUT2D eigenvalue weighted by molar-refractivity contribution is 5.66. The summed E-state index contributed by atoms with van der Waals surface area (Å²) in [6, 6.07) is 0. The molecule has 0 radical (unpaired) electrons. The number of carboxylic acid groups (broad SMARTS) is 1. The molecule has 0 aliphatic heterocycles. The van der Waals surface area contributed by atoms with Crippen molar-refractivity contribution in [2.75, 3.05) is 6.61 Å². The summed E-state index contributed by atoms with van der Waals surface area (Å²) in [6.45, 7) is 10.8. The van der Waals surface area contributed by atoms with Crippen molar-refractivity contribution < 1.29 is 20.1 Å². The van der Waals surface area contributed by atoms with E-state index in [4.69, 9.17) is 5.11 Å². The van der Waals surface area contributed by atoms with E-state index in [0.717, 1.165) is 37.7 Å². The third kappa shape index (κ3) is 3.55. The fourth-order valence-electron chi connectivity index (χ4n) is 5.57. The Morgan fingerprint density at radius 1 is 1.38 bits per heavy atom. The number of hydrogen-bond acceptors (Lipinski definition) is 3. The van der Waals surface area contributed by atoms with Gasteiger partial charge in [-0.1, -0.05) is 33.8 Å². The van der Waals surface area contributed by atoms with Gasteiger partial charge in [-0.05, 0) is 66.3 Å². The molecule has 0 unspecified atom stereocenters. The quantitative estimate of drug-likeness (QED) is 0.646. The Morgan fingerprint density at radius 2 is 2.04 bits per heavy atom. The molecular weight excluding hydrogens is 304 g/mol. The van der Waals surface area contributed by atoms with E-state index >= 15 is 0 Å². The Kier molecular flexibility index (Phi) is 5.81. The van der Waals surface area contributed by atoms with Crippen LogP contribution in [0.4, 0.5) is 0 Å². The number of aliphatic hydroxyl groups is 2. The van der Waals surface area contributed by atoms with Gasteiger partial charge in [0, 0.05) is 13.0 Å². The number of aliphatic hydroxyl groups excluding tert-OH is 2. The normalized spacial score (nSPS) is 40.9. The molecule has 2 aliphatic carbocycles. The molecule has 2 saturated carbocycles. The number of aliphatic carboxylic acids is 1. The van der Waals surface area contributed by atoms with Gasteiger partial charge in [-0.3, -0.25) is 4.79 Å². The van der Waals surface area contributed by atoms with E-state index < -0.39 is 12.1 Å². The summed E-state index contributed by atoms with van der Waals surface area (Å²) >= 11 is 0. The average molecular weight is 338 g/mol. The molecule has 0 aromatic carbocycles. The Hall–Kier alpha value is -0.870. The van der Waals surface area contributed by atoms with Crippen LogP contribution < -0.4 is 0 Å². The lowest BCUT2D eigenvalue weighted by atomic mass is 9.46. The zero-order chi connectivity index (χ0) is 18.1. The van der Waals surface area contributed by atoms with Crippen molar-refractivity contribution >= 4 is 5.97 Å². The lowest BCUT2D eigenvalue weighted by Gasteiger charge is -2.59. The SMILES string of the molecule is C=C1[C@@H](O)C[C@H]2[C@](C)(CO)CCC[C@]2(C)[C@H]1CC[C@@H](C)CC(=O)O. The smallest absolute Gasteiger partial charge is 0.303 e. The van der Waals surface area contributed by atoms with Gasteiger partial charge in [0.2, 0.25) is 0 Å². The molecule has 2 rings (SSSR count). The van der Waals surface area contributed by atoms with Crippen molar-refractivity contribution in [3.63, 3.8) is 0 Å². The largest absolute Gasteiger partial charge is 0.481 e. The Balaban J connectivity index is 2.21. The van der Waals surface area contributed by atoms with Crippen LogP contribution in [-0.4, -0.2) is 34.0 Å². The highest BCUT2D eigenvalue weighted by Crippen LogP contribution is 2.61. The molecule has 6 atom stereocenters. The van der Waals surface area contributed by atoms with Crippen LogP contribution >= 0.6 is 0 Å². The maximum absolute atomic E-state index is 10.9. The summed E-state index contributed by atoms with van der Waals surface area (Å²) in [5.74, 6) is -0.137. The molecule has 0 amide bonds. The molecule has 4 nitrogen and oxygen atoms in total. The molecular formula is C20H34O4. The number of rotatable bonds is 6. The second-order valence-electron chi connectivity index (χ2n) is 8.88. The first-order valence-corrected chi connectivity index (χ1v) is 9.33. The molecule has 4 heteroatoms. The maximum atomic E-state index is 10.9. The fraction of sp³-hybridized carbons (Fsp3) is 0.850. The van der Waals surface area contributed by atoms with E-state index in [2.05, 4.69) is 20.4 Å². The number of carbonyl (C=O) groups is 1. The minimum Gasteiger partial charge on any atom is -0.481 e. The monoisotopic (exact) mass is 338 g/mol. The van der Waals surface area contributed by atoms with Crippen molar-refractivity contribution in [2.24, 2.45) is 28.6 Å². The first kappa shape index (κ1) is 19.5. The van der Waals surface area contributed by atoms with Crippen LogP contribution in [0.3, 0.4) is 0 Å². The summed E-state index contributed by atoms with van der Waals surface area (Å²) in [5, 5.41) is 29.5. The molecule has 3 N–H and O–H groups in total. The Labute approximate surface area is 146 Å². The van der Waals surface area contributed by atoms with E-state index in [9.17, 15) is 15.0 Å². The first-order valence-electron chi connectivity index (χ1n) is 9.33. The molecule has 0 aromatic heterocycles. The number of fused-ring (bicyclic) bond motifs is 1. The van der Waals surface area contributed by atoms with Crippen LogP contribution in [0.5, 0.6) is 0 Å². The molecule has 0 bridgehead atoms. The topological polar surface area (TPSA) is 77.8 Å². The first-order chi connectivity index (χ1) is 11.1. The van der Waals surface area contributed by atoms with Gasteiger partial charge in [0.05, 0.1) is 6.10 Å². The summed E-state index contributed by atoms with van der Waals surface area (Å²) in [5.41, 5.74) is 0.813. The zero-order valence-electron chi connectivity index (χ0n) is 15.4. The minimum absolute atomic E-state index is 0.0367. The predicted molar refractivity (Wildman–Crippen MR) is 94.5 cm³/mol. The van der Waals surface area contributed by atoms with E-state index in [1.54, 1.807) is 0 Å². The van der Waals surface area contributed by atoms with Crippen LogP contribution in [0, 0.1) is 28.6 Å². The Bertz CT molecular complexity index is 488. The van der Waals surface area contributed by atoms with Gasteiger partial charge in [0.1, 0.15) is 0 Å². The highest BCUT2D eigenvalue weighted by Gasteiger charge is 2.56. The molecule has 0 saturated heterocycles. The highest BCUT2D eigenvalue weighted by atomic mass is 16.4. The molecule has 0 spiro atoms. The molecule has 2 fully saturated rings. The van der Waals surface area contributed by atoms with Crippen molar-refractivity contribution in [2.45, 2.75) is 71.8 Å². The Morgan fingerprint density at radius 3 is 2.62 bits per heavy atom. The third-order valence-electron chi connectivity index (χ3n) is 7.06. The third-order valence-corrected chi connectivity index (χ3v) is 7.06. The van der Waals surface area contributed by atoms with Crippen LogP contribution in [0.25, 0.3) is 0 Å². The maximum Gasteiger partial charge on any atom is 0.303 e. The predicted octanol–water partition coefficient (Wildman–Crippen LogP) is 3.62. The van der Waals surface area contributed by atoms with E-state index in [-0.39, 0.29) is 41.6 Å². The number of carboxylic acids is 1. The van der Waals surface area contributed by atoms with E-state index in [0.29, 0.717) is 6.42 Å². The lowest BCUT2D eigenvalue weighted by molar-refractivity contribution is -0.138. The van der Waals surface area contributed by atoms with Gasteiger partial charge >= 0.3 is 5.97 Å². The molecule has 2 aliphatic rings. The summed E-state index contributed by atoms with van der Waals surface area (Å²) in [6.07, 6.45) is 5.27. The van der Waals surface area contributed by atoms with Crippen LogP contribution in [0.2, 0.25) is 0 Å². The van der Waals surface area contributed by atoms with Crippen molar-refractivity contribution in [3.8, 4) is 0 Å². The lowest BCUT2D eigenvalue weighted by Crippen LogP contribution is -2.54. The van der Waals surface area contributed by atoms with E-state index in [1.165, 1.54) is 0 Å². The second-order valence-corrected chi connectivity index (χ2v) is 8.88. The van der Waals surface area contributed by atoms with Crippen molar-refractivity contribution in [1.29, 1.82) is 0 Å². The zero-order valence-corrected chi connectivity index (χ0v) is 15.4. The summed E-state index contributed by atoms with van der Waals surface area (Å²) < 4.78 is 0. The molecule has 24 heavy (non-hydrogen) atoms.